The lowest BCUT2D eigenvalue weighted by Gasteiger charge is -2.35. The van der Waals surface area contributed by atoms with Crippen molar-refractivity contribution in [1.29, 1.82) is 0 Å². The molecular weight excluding hydrogens is 355 g/mol. The van der Waals surface area contributed by atoms with Crippen molar-refractivity contribution in [3.8, 4) is 0 Å². The predicted molar refractivity (Wildman–Crippen MR) is 93.5 cm³/mol. The molecule has 4 nitrogen and oxygen atoms in total. The number of hydrogen-bond acceptors (Lipinski definition) is 2. The first-order valence-electron chi connectivity index (χ1n) is 9.41. The summed E-state index contributed by atoms with van der Waals surface area (Å²) in [6.45, 7) is 2.97. The Balaban J connectivity index is 1.54. The topological polar surface area (TPSA) is 38.1 Å². The number of aromatic nitrogens is 2. The average molecular weight is 377 g/mol. The Morgan fingerprint density at radius 3 is 2.52 bits per heavy atom. The molecule has 0 N–H and O–H groups in total. The molecule has 1 aromatic carbocycles. The first-order valence-corrected chi connectivity index (χ1v) is 9.41. The molecule has 1 aliphatic heterocycles. The van der Waals surface area contributed by atoms with Crippen molar-refractivity contribution in [2.45, 2.75) is 64.1 Å². The lowest BCUT2D eigenvalue weighted by atomic mass is 9.96. The highest BCUT2D eigenvalue weighted by Crippen LogP contribution is 2.37. The third-order valence-corrected chi connectivity index (χ3v) is 5.78. The van der Waals surface area contributed by atoms with Crippen LogP contribution in [0.15, 0.2) is 18.3 Å². The first-order chi connectivity index (χ1) is 12.9. The van der Waals surface area contributed by atoms with Crippen molar-refractivity contribution in [2.75, 3.05) is 0 Å². The number of fused-ring (bicyclic) bond motifs is 1. The van der Waals surface area contributed by atoms with E-state index in [-0.39, 0.29) is 23.9 Å². The van der Waals surface area contributed by atoms with Crippen molar-refractivity contribution in [3.63, 3.8) is 0 Å². The molecule has 1 amide bonds. The second-order valence-corrected chi connectivity index (χ2v) is 7.63. The van der Waals surface area contributed by atoms with Gasteiger partial charge < -0.3 is 4.90 Å². The molecule has 0 spiro atoms. The molecule has 27 heavy (non-hydrogen) atoms. The normalized spacial score (nSPS) is 20.1. The van der Waals surface area contributed by atoms with Crippen LogP contribution in [-0.4, -0.2) is 26.6 Å². The van der Waals surface area contributed by atoms with Crippen LogP contribution in [0.25, 0.3) is 0 Å². The number of amides is 1. The Morgan fingerprint density at radius 1 is 1.19 bits per heavy atom. The van der Waals surface area contributed by atoms with E-state index in [0.717, 1.165) is 30.7 Å². The van der Waals surface area contributed by atoms with E-state index in [1.54, 1.807) is 4.90 Å². The van der Waals surface area contributed by atoms with Crippen LogP contribution >= 0.6 is 0 Å². The zero-order chi connectivity index (χ0) is 19.1. The fourth-order valence-corrected chi connectivity index (χ4v) is 4.32. The highest BCUT2D eigenvalue weighted by atomic mass is 19.2. The lowest BCUT2D eigenvalue weighted by Crippen LogP contribution is -2.45. The summed E-state index contributed by atoms with van der Waals surface area (Å²) in [7, 11) is 0. The van der Waals surface area contributed by atoms with Crippen molar-refractivity contribution >= 4 is 5.91 Å². The third-order valence-electron chi connectivity index (χ3n) is 5.78. The molecule has 1 atom stereocenters. The Bertz CT molecular complexity index is 850. The van der Waals surface area contributed by atoms with Crippen LogP contribution < -0.4 is 0 Å². The number of carbonyl (C=O) groups excluding carboxylic acids is 1. The highest BCUT2D eigenvalue weighted by Gasteiger charge is 2.32. The Labute approximate surface area is 156 Å². The van der Waals surface area contributed by atoms with E-state index in [2.05, 4.69) is 5.10 Å². The number of rotatable bonds is 3. The van der Waals surface area contributed by atoms with Gasteiger partial charge in [0.2, 0.25) is 5.91 Å². The van der Waals surface area contributed by atoms with Gasteiger partial charge in [0, 0.05) is 6.04 Å². The lowest BCUT2D eigenvalue weighted by molar-refractivity contribution is -0.134. The Kier molecular flexibility index (Phi) is 4.70. The summed E-state index contributed by atoms with van der Waals surface area (Å²) in [4.78, 5) is 14.5. The molecule has 1 aliphatic carbocycles. The van der Waals surface area contributed by atoms with Gasteiger partial charge in [0.15, 0.2) is 17.5 Å². The van der Waals surface area contributed by atoms with Crippen molar-refractivity contribution < 1.29 is 18.0 Å². The van der Waals surface area contributed by atoms with Gasteiger partial charge in [0.1, 0.15) is 0 Å². The van der Waals surface area contributed by atoms with Gasteiger partial charge in [0.05, 0.1) is 31.4 Å². The maximum Gasteiger partial charge on any atom is 0.227 e. The van der Waals surface area contributed by atoms with Crippen LogP contribution in [-0.2, 0) is 24.3 Å². The molecule has 144 valence electrons. The summed E-state index contributed by atoms with van der Waals surface area (Å²) < 4.78 is 42.0. The number of hydrogen-bond donors (Lipinski definition) is 0. The van der Waals surface area contributed by atoms with E-state index >= 15 is 0 Å². The second kappa shape index (κ2) is 7.02. The summed E-state index contributed by atoms with van der Waals surface area (Å²) in [6, 6.07) is 1.70. The van der Waals surface area contributed by atoms with Gasteiger partial charge in [-0.15, -0.1) is 0 Å². The van der Waals surface area contributed by atoms with Gasteiger partial charge in [-0.05, 0) is 48.9 Å². The van der Waals surface area contributed by atoms with E-state index in [1.165, 1.54) is 18.4 Å². The summed E-state index contributed by atoms with van der Waals surface area (Å²) in [5.41, 5.74) is 2.42. The van der Waals surface area contributed by atoms with E-state index in [1.807, 2.05) is 17.8 Å². The molecule has 2 aromatic rings. The minimum atomic E-state index is -1.51. The average Bonchev–Trinajstić information content (AvgIpc) is 3.27. The smallest absolute Gasteiger partial charge is 0.227 e. The predicted octanol–water partition coefficient (Wildman–Crippen LogP) is 3.93. The minimum absolute atomic E-state index is 0.0727. The van der Waals surface area contributed by atoms with Crippen LogP contribution in [0.4, 0.5) is 13.2 Å². The van der Waals surface area contributed by atoms with Gasteiger partial charge >= 0.3 is 0 Å². The molecule has 4 rings (SSSR count). The summed E-state index contributed by atoms with van der Waals surface area (Å²) >= 11 is 0. The number of carbonyl (C=O) groups is 1. The standard InChI is InChI=1S/C20H22F3N3O/c1-12-10-26-18(15(9-24-26)14-4-2-3-5-14)11-25(12)19(27)8-13-6-16(21)20(23)17(22)7-13/h6-7,9,12,14H,2-5,8,10-11H2,1H3. The number of benzene rings is 1. The summed E-state index contributed by atoms with van der Waals surface area (Å²) in [5.74, 6) is -3.78. The minimum Gasteiger partial charge on any atom is -0.332 e. The van der Waals surface area contributed by atoms with E-state index < -0.39 is 17.5 Å². The molecule has 1 unspecified atom stereocenters. The second-order valence-electron chi connectivity index (χ2n) is 7.63. The Morgan fingerprint density at radius 2 is 1.85 bits per heavy atom. The first kappa shape index (κ1) is 18.1. The van der Waals surface area contributed by atoms with Crippen LogP contribution in [0.1, 0.15) is 55.3 Å². The van der Waals surface area contributed by atoms with Crippen molar-refractivity contribution in [3.05, 3.63) is 52.6 Å². The molecule has 0 saturated heterocycles. The SMILES string of the molecule is CC1Cn2ncc(C3CCCC3)c2CN1C(=O)Cc1cc(F)c(F)c(F)c1. The van der Waals surface area contributed by atoms with Gasteiger partial charge in [-0.25, -0.2) is 13.2 Å². The van der Waals surface area contributed by atoms with Gasteiger partial charge in [-0.1, -0.05) is 12.8 Å². The molecule has 2 heterocycles. The molecule has 0 bridgehead atoms. The monoisotopic (exact) mass is 377 g/mol. The molecule has 1 aromatic heterocycles. The van der Waals surface area contributed by atoms with Crippen LogP contribution in [0.3, 0.4) is 0 Å². The Hall–Kier alpha value is -2.31. The summed E-state index contributed by atoms with van der Waals surface area (Å²) in [6.07, 6.45) is 6.50. The van der Waals surface area contributed by atoms with Crippen molar-refractivity contribution in [1.82, 2.24) is 14.7 Å². The fraction of sp³-hybridized carbons (Fsp3) is 0.500. The van der Waals surface area contributed by atoms with Crippen LogP contribution in [0.2, 0.25) is 0 Å². The maximum absolute atomic E-state index is 13.4. The van der Waals surface area contributed by atoms with E-state index in [4.69, 9.17) is 0 Å². The molecule has 1 fully saturated rings. The van der Waals surface area contributed by atoms with Gasteiger partial charge in [0.25, 0.3) is 0 Å². The van der Waals surface area contributed by atoms with Gasteiger partial charge in [-0.2, -0.15) is 5.10 Å². The largest absolute Gasteiger partial charge is 0.332 e. The quantitative estimate of drug-likeness (QED) is 0.760. The van der Waals surface area contributed by atoms with Crippen LogP contribution in [0.5, 0.6) is 0 Å². The van der Waals surface area contributed by atoms with Gasteiger partial charge in [-0.3, -0.25) is 9.48 Å². The fourth-order valence-electron chi connectivity index (χ4n) is 4.32. The third kappa shape index (κ3) is 3.35. The molecule has 2 aliphatic rings. The molecule has 1 saturated carbocycles. The van der Waals surface area contributed by atoms with E-state index in [0.29, 0.717) is 19.0 Å². The highest BCUT2D eigenvalue weighted by molar-refractivity contribution is 5.79. The maximum atomic E-state index is 13.4. The number of halogens is 3. The zero-order valence-electron chi connectivity index (χ0n) is 15.2. The van der Waals surface area contributed by atoms with E-state index in [9.17, 15) is 18.0 Å². The van der Waals surface area contributed by atoms with Crippen LogP contribution in [0, 0.1) is 17.5 Å². The molecule has 0 radical (unpaired) electrons. The number of nitrogens with zero attached hydrogens (tertiary/aromatic N) is 3. The molecular formula is C20H22F3N3O. The summed E-state index contributed by atoms with van der Waals surface area (Å²) in [5, 5.41) is 4.50. The van der Waals surface area contributed by atoms with Crippen molar-refractivity contribution in [2.24, 2.45) is 0 Å². The zero-order valence-corrected chi connectivity index (χ0v) is 15.2. The molecule has 7 heteroatoms.